The topological polar surface area (TPSA) is 97.6 Å². The van der Waals surface area contributed by atoms with Gasteiger partial charge >= 0.3 is 0 Å². The number of nitrogens with zero attached hydrogens (tertiary/aromatic N) is 3. The number of benzene rings is 1. The van der Waals surface area contributed by atoms with Gasteiger partial charge in [-0.05, 0) is 52.7 Å². The van der Waals surface area contributed by atoms with Crippen LogP contribution in [0.15, 0.2) is 18.2 Å². The van der Waals surface area contributed by atoms with Crippen molar-refractivity contribution in [3.8, 4) is 11.5 Å². The zero-order chi connectivity index (χ0) is 20.4. The lowest BCUT2D eigenvalue weighted by Gasteiger charge is -2.16. The summed E-state index contributed by atoms with van der Waals surface area (Å²) in [7, 11) is 0. The van der Waals surface area contributed by atoms with Crippen molar-refractivity contribution in [1.29, 1.82) is 0 Å². The lowest BCUT2D eigenvalue weighted by Crippen LogP contribution is -2.25. The molecular formula is C20H31N3O4. The Hall–Kier alpha value is -2.25. The molecule has 0 spiro atoms. The Bertz CT molecular complexity index is 659. The van der Waals surface area contributed by atoms with Crippen molar-refractivity contribution in [2.75, 3.05) is 13.2 Å². The van der Waals surface area contributed by atoms with Crippen molar-refractivity contribution in [3.63, 3.8) is 0 Å². The molecule has 2 aromatic rings. The first kappa shape index (κ1) is 22.8. The van der Waals surface area contributed by atoms with Gasteiger partial charge in [0, 0.05) is 6.07 Å². The van der Waals surface area contributed by atoms with Crippen LogP contribution in [0.25, 0.3) is 0 Å². The summed E-state index contributed by atoms with van der Waals surface area (Å²) >= 11 is 0. The van der Waals surface area contributed by atoms with E-state index in [1.807, 2.05) is 41.5 Å². The van der Waals surface area contributed by atoms with E-state index in [9.17, 15) is 10.2 Å². The van der Waals surface area contributed by atoms with E-state index in [1.54, 1.807) is 12.1 Å². The Morgan fingerprint density at radius 2 is 1.52 bits per heavy atom. The van der Waals surface area contributed by atoms with Gasteiger partial charge in [0.25, 0.3) is 0 Å². The van der Waals surface area contributed by atoms with Crippen LogP contribution in [0.1, 0.15) is 43.3 Å². The van der Waals surface area contributed by atoms with Crippen molar-refractivity contribution < 1.29 is 19.7 Å². The molecule has 0 amide bonds. The lowest BCUT2D eigenvalue weighted by molar-refractivity contribution is -0.0192. The monoisotopic (exact) mass is 377 g/mol. The molecule has 0 aliphatic rings. The summed E-state index contributed by atoms with van der Waals surface area (Å²) in [5.74, 6) is 3.11. The van der Waals surface area contributed by atoms with E-state index in [0.717, 1.165) is 29.5 Å². The molecule has 0 radical (unpaired) electrons. The standard InChI is InChI=1S/C14H22O4.C6H9N3/c1-4-11(3)17-8-12(15)9-18-13-6-5-10(2)14(16)7-13;1-4-7-5(2)9-6(3)8-4/h5-7,11-12,15-16H,4,8-9H2,1-3H3;1-3H3. The number of phenols is 1. The normalized spacial score (nSPS) is 12.7. The smallest absolute Gasteiger partial charge is 0.129 e. The molecule has 1 heterocycles. The molecule has 2 N–H and O–H groups in total. The van der Waals surface area contributed by atoms with Crippen molar-refractivity contribution in [2.24, 2.45) is 0 Å². The van der Waals surface area contributed by atoms with Crippen LogP contribution in [-0.4, -0.2) is 50.6 Å². The first-order chi connectivity index (χ1) is 12.7. The van der Waals surface area contributed by atoms with E-state index in [-0.39, 0.29) is 25.1 Å². The summed E-state index contributed by atoms with van der Waals surface area (Å²) in [6, 6.07) is 5.07. The fourth-order valence-corrected chi connectivity index (χ4v) is 2.09. The number of aryl methyl sites for hydroxylation is 4. The van der Waals surface area contributed by atoms with E-state index >= 15 is 0 Å². The first-order valence-electron chi connectivity index (χ1n) is 9.09. The van der Waals surface area contributed by atoms with Gasteiger partial charge in [-0.25, -0.2) is 15.0 Å². The third-order valence-electron chi connectivity index (χ3n) is 3.74. The molecule has 7 nitrogen and oxygen atoms in total. The van der Waals surface area contributed by atoms with Crippen LogP contribution in [0.3, 0.4) is 0 Å². The molecular weight excluding hydrogens is 346 g/mol. The maximum atomic E-state index is 9.67. The average molecular weight is 377 g/mol. The predicted octanol–water partition coefficient (Wildman–Crippen LogP) is 3.05. The van der Waals surface area contributed by atoms with Crippen molar-refractivity contribution in [3.05, 3.63) is 41.2 Å². The summed E-state index contributed by atoms with van der Waals surface area (Å²) in [5, 5.41) is 19.2. The molecule has 0 aliphatic heterocycles. The van der Waals surface area contributed by atoms with Crippen LogP contribution in [0.5, 0.6) is 11.5 Å². The van der Waals surface area contributed by atoms with Gasteiger partial charge < -0.3 is 19.7 Å². The fourth-order valence-electron chi connectivity index (χ4n) is 2.09. The molecule has 0 fully saturated rings. The molecule has 2 rings (SSSR count). The summed E-state index contributed by atoms with van der Waals surface area (Å²) in [6.45, 7) is 11.8. The van der Waals surface area contributed by atoms with Crippen LogP contribution < -0.4 is 4.74 Å². The molecule has 0 aliphatic carbocycles. The zero-order valence-corrected chi connectivity index (χ0v) is 17.1. The van der Waals surface area contributed by atoms with Crippen molar-refractivity contribution in [2.45, 2.75) is 60.2 Å². The molecule has 7 heteroatoms. The predicted molar refractivity (Wildman–Crippen MR) is 104 cm³/mol. The molecule has 1 aromatic heterocycles. The summed E-state index contributed by atoms with van der Waals surface area (Å²) in [6.07, 6.45) is 0.393. The molecule has 1 aromatic carbocycles. The quantitative estimate of drug-likeness (QED) is 0.765. The van der Waals surface area contributed by atoms with Crippen LogP contribution in [0.4, 0.5) is 0 Å². The van der Waals surface area contributed by atoms with E-state index < -0.39 is 6.10 Å². The number of hydrogen-bond acceptors (Lipinski definition) is 7. The minimum atomic E-state index is -0.664. The Morgan fingerprint density at radius 3 is 2.00 bits per heavy atom. The van der Waals surface area contributed by atoms with Crippen molar-refractivity contribution >= 4 is 0 Å². The van der Waals surface area contributed by atoms with Gasteiger partial charge in [0.1, 0.15) is 41.7 Å². The molecule has 0 saturated carbocycles. The Balaban J connectivity index is 0.000000337. The van der Waals surface area contributed by atoms with Gasteiger partial charge in [0.05, 0.1) is 12.7 Å². The van der Waals surface area contributed by atoms with Gasteiger partial charge in [-0.3, -0.25) is 0 Å². The zero-order valence-electron chi connectivity index (χ0n) is 17.1. The van der Waals surface area contributed by atoms with Crippen LogP contribution in [0.2, 0.25) is 0 Å². The van der Waals surface area contributed by atoms with Gasteiger partial charge in [0.2, 0.25) is 0 Å². The number of phenolic OH excluding ortho intramolecular Hbond substituents is 1. The maximum absolute atomic E-state index is 9.67. The Morgan fingerprint density at radius 1 is 0.963 bits per heavy atom. The summed E-state index contributed by atoms with van der Waals surface area (Å²) in [4.78, 5) is 12.0. The van der Waals surface area contributed by atoms with Gasteiger partial charge in [-0.2, -0.15) is 0 Å². The first-order valence-corrected chi connectivity index (χ1v) is 9.09. The van der Waals surface area contributed by atoms with Gasteiger partial charge in [0.15, 0.2) is 0 Å². The Labute approximate surface area is 161 Å². The number of aromatic hydroxyl groups is 1. The molecule has 27 heavy (non-hydrogen) atoms. The minimum absolute atomic E-state index is 0.142. The SMILES string of the molecule is CCC(C)OCC(O)COc1ccc(C)c(O)c1.Cc1nc(C)nc(C)n1. The second-order valence-electron chi connectivity index (χ2n) is 6.44. The molecule has 0 saturated heterocycles. The number of aromatic nitrogens is 3. The third-order valence-corrected chi connectivity index (χ3v) is 3.74. The number of hydrogen-bond donors (Lipinski definition) is 2. The number of aliphatic hydroxyl groups excluding tert-OH is 1. The van der Waals surface area contributed by atoms with E-state index in [2.05, 4.69) is 15.0 Å². The Kier molecular flexibility index (Phi) is 9.67. The number of aliphatic hydroxyl groups is 1. The van der Waals surface area contributed by atoms with Crippen LogP contribution in [-0.2, 0) is 4.74 Å². The van der Waals surface area contributed by atoms with Crippen LogP contribution in [0, 0.1) is 27.7 Å². The van der Waals surface area contributed by atoms with Gasteiger partial charge in [-0.15, -0.1) is 0 Å². The highest BCUT2D eigenvalue weighted by atomic mass is 16.5. The van der Waals surface area contributed by atoms with Crippen molar-refractivity contribution in [1.82, 2.24) is 15.0 Å². The van der Waals surface area contributed by atoms with Crippen LogP contribution >= 0.6 is 0 Å². The highest BCUT2D eigenvalue weighted by Crippen LogP contribution is 2.22. The largest absolute Gasteiger partial charge is 0.508 e. The second kappa shape index (κ2) is 11.5. The number of ether oxygens (including phenoxy) is 2. The summed E-state index contributed by atoms with van der Waals surface area (Å²) < 4.78 is 10.8. The van der Waals surface area contributed by atoms with Gasteiger partial charge in [-0.1, -0.05) is 13.0 Å². The second-order valence-corrected chi connectivity index (χ2v) is 6.44. The fraction of sp³-hybridized carbons (Fsp3) is 0.550. The maximum Gasteiger partial charge on any atom is 0.129 e. The molecule has 150 valence electrons. The minimum Gasteiger partial charge on any atom is -0.508 e. The molecule has 2 atom stereocenters. The van der Waals surface area contributed by atoms with E-state index in [1.165, 1.54) is 6.07 Å². The third kappa shape index (κ3) is 9.30. The summed E-state index contributed by atoms with van der Waals surface area (Å²) in [5.41, 5.74) is 0.794. The van der Waals surface area contributed by atoms with E-state index in [4.69, 9.17) is 9.47 Å². The molecule has 2 unspecified atom stereocenters. The van der Waals surface area contributed by atoms with E-state index in [0.29, 0.717) is 5.75 Å². The highest BCUT2D eigenvalue weighted by molar-refractivity contribution is 5.38. The lowest BCUT2D eigenvalue weighted by atomic mass is 10.2. The highest BCUT2D eigenvalue weighted by Gasteiger charge is 2.08. The number of rotatable bonds is 7. The average Bonchev–Trinajstić information content (AvgIpc) is 2.60. The molecule has 0 bridgehead atoms.